The van der Waals surface area contributed by atoms with Gasteiger partial charge in [-0.2, -0.15) is 4.31 Å². The molecule has 4 nitrogen and oxygen atoms in total. The zero-order valence-corrected chi connectivity index (χ0v) is 13.7. The Kier molecular flexibility index (Phi) is 5.74. The van der Waals surface area contributed by atoms with E-state index in [0.717, 1.165) is 12.0 Å². The van der Waals surface area contributed by atoms with Gasteiger partial charge in [0.15, 0.2) is 0 Å². The second-order valence-electron chi connectivity index (χ2n) is 6.02. The minimum atomic E-state index is -3.45. The highest BCUT2D eigenvalue weighted by Crippen LogP contribution is 2.22. The molecule has 0 bridgehead atoms. The molecule has 1 aromatic rings. The van der Waals surface area contributed by atoms with E-state index in [1.54, 1.807) is 22.5 Å². The molecule has 0 radical (unpaired) electrons. The number of rotatable bonds is 7. The van der Waals surface area contributed by atoms with Gasteiger partial charge in [-0.1, -0.05) is 32.9 Å². The molecule has 0 aliphatic rings. The summed E-state index contributed by atoms with van der Waals surface area (Å²) in [5, 5.41) is 0. The van der Waals surface area contributed by atoms with E-state index < -0.39 is 10.0 Å². The smallest absolute Gasteiger partial charge is 0.243 e. The van der Waals surface area contributed by atoms with Crippen molar-refractivity contribution in [1.82, 2.24) is 4.31 Å². The van der Waals surface area contributed by atoms with Gasteiger partial charge in [0.25, 0.3) is 0 Å². The highest BCUT2D eigenvalue weighted by molar-refractivity contribution is 7.89. The number of hydrogen-bond acceptors (Lipinski definition) is 3. The third kappa shape index (κ3) is 4.30. The zero-order chi connectivity index (χ0) is 15.4. The van der Waals surface area contributed by atoms with Gasteiger partial charge in [-0.05, 0) is 43.0 Å². The van der Waals surface area contributed by atoms with Crippen molar-refractivity contribution in [1.29, 1.82) is 0 Å². The summed E-state index contributed by atoms with van der Waals surface area (Å²) in [6.45, 7) is 9.26. The minimum absolute atomic E-state index is 0.230. The van der Waals surface area contributed by atoms with E-state index in [0.29, 0.717) is 24.5 Å². The third-order valence-electron chi connectivity index (χ3n) is 3.26. The number of sulfonamides is 1. The lowest BCUT2D eigenvalue weighted by molar-refractivity contribution is 0.266. The lowest BCUT2D eigenvalue weighted by Crippen LogP contribution is -2.42. The van der Waals surface area contributed by atoms with Gasteiger partial charge >= 0.3 is 0 Å². The van der Waals surface area contributed by atoms with Crippen LogP contribution >= 0.6 is 0 Å². The molecule has 1 rings (SSSR count). The van der Waals surface area contributed by atoms with Crippen molar-refractivity contribution < 1.29 is 8.42 Å². The Labute approximate surface area is 123 Å². The second-order valence-corrected chi connectivity index (χ2v) is 7.96. The summed E-state index contributed by atoms with van der Waals surface area (Å²) in [6, 6.07) is 7.04. The average molecular weight is 298 g/mol. The summed E-state index contributed by atoms with van der Waals surface area (Å²) in [7, 11) is -3.45. The van der Waals surface area contributed by atoms with Crippen molar-refractivity contribution >= 4 is 10.0 Å². The van der Waals surface area contributed by atoms with Crippen LogP contribution in [-0.2, 0) is 10.0 Å². The number of nitrogens with two attached hydrogens (primary N) is 1. The predicted octanol–water partition coefficient (Wildman–Crippen LogP) is 2.38. The van der Waals surface area contributed by atoms with Gasteiger partial charge in [0.2, 0.25) is 10.0 Å². The van der Waals surface area contributed by atoms with Gasteiger partial charge in [0, 0.05) is 13.1 Å². The van der Waals surface area contributed by atoms with Crippen LogP contribution in [0.2, 0.25) is 0 Å². The van der Waals surface area contributed by atoms with Crippen LogP contribution in [0.3, 0.4) is 0 Å². The highest BCUT2D eigenvalue weighted by atomic mass is 32.2. The fourth-order valence-corrected chi connectivity index (χ4v) is 3.83. The molecule has 0 aliphatic heterocycles. The summed E-state index contributed by atoms with van der Waals surface area (Å²) in [5.41, 5.74) is 6.45. The molecule has 0 heterocycles. The molecule has 1 aromatic carbocycles. The highest BCUT2D eigenvalue weighted by Gasteiger charge is 2.29. The second kappa shape index (κ2) is 6.70. The van der Waals surface area contributed by atoms with E-state index in [4.69, 9.17) is 5.73 Å². The normalized spacial score (nSPS) is 12.9. The first kappa shape index (κ1) is 17.1. The van der Waals surface area contributed by atoms with E-state index in [9.17, 15) is 8.42 Å². The Hall–Kier alpha value is -0.910. The Morgan fingerprint density at radius 2 is 1.95 bits per heavy atom. The molecule has 0 spiro atoms. The van der Waals surface area contributed by atoms with Crippen LogP contribution in [0.25, 0.3) is 0 Å². The summed E-state index contributed by atoms with van der Waals surface area (Å²) < 4.78 is 27.1. The van der Waals surface area contributed by atoms with Crippen molar-refractivity contribution in [2.24, 2.45) is 11.1 Å². The van der Waals surface area contributed by atoms with Crippen molar-refractivity contribution in [3.8, 4) is 0 Å². The van der Waals surface area contributed by atoms with Gasteiger partial charge < -0.3 is 5.73 Å². The SMILES string of the molecule is CCCN(CC(C)(C)CN)S(=O)(=O)c1cccc(C)c1. The number of aryl methyl sites for hydroxylation is 1. The molecule has 0 saturated carbocycles. The molecule has 0 fully saturated rings. The fraction of sp³-hybridized carbons (Fsp3) is 0.600. The Balaban J connectivity index is 3.12. The van der Waals surface area contributed by atoms with Gasteiger partial charge in [-0.25, -0.2) is 8.42 Å². The molecular weight excluding hydrogens is 272 g/mol. The van der Waals surface area contributed by atoms with Gasteiger partial charge in [0.1, 0.15) is 0 Å². The van der Waals surface area contributed by atoms with E-state index in [1.165, 1.54) is 0 Å². The molecule has 20 heavy (non-hydrogen) atoms. The largest absolute Gasteiger partial charge is 0.330 e. The summed E-state index contributed by atoms with van der Waals surface area (Å²) in [4.78, 5) is 0.360. The Bertz CT molecular complexity index is 539. The predicted molar refractivity (Wildman–Crippen MR) is 83.1 cm³/mol. The molecule has 0 unspecified atom stereocenters. The van der Waals surface area contributed by atoms with E-state index in [1.807, 2.05) is 33.8 Å². The minimum Gasteiger partial charge on any atom is -0.330 e. The molecule has 0 atom stereocenters. The standard InChI is InChI=1S/C15H26N2O2S/c1-5-9-17(12-15(3,4)11-16)20(18,19)14-8-6-7-13(2)10-14/h6-8,10H,5,9,11-12,16H2,1-4H3. The molecule has 114 valence electrons. The zero-order valence-electron chi connectivity index (χ0n) is 12.9. The fourth-order valence-electron chi connectivity index (χ4n) is 2.00. The van der Waals surface area contributed by atoms with Gasteiger partial charge in [-0.3, -0.25) is 0 Å². The van der Waals surface area contributed by atoms with E-state index in [2.05, 4.69) is 0 Å². The maximum atomic E-state index is 12.8. The third-order valence-corrected chi connectivity index (χ3v) is 5.10. The molecule has 0 aliphatic carbocycles. The Morgan fingerprint density at radius 1 is 1.30 bits per heavy atom. The quantitative estimate of drug-likeness (QED) is 0.840. The summed E-state index contributed by atoms with van der Waals surface area (Å²) in [5.74, 6) is 0. The number of benzene rings is 1. The van der Waals surface area contributed by atoms with Crippen LogP contribution in [0, 0.1) is 12.3 Å². The summed E-state index contributed by atoms with van der Waals surface area (Å²) in [6.07, 6.45) is 0.783. The molecule has 0 aromatic heterocycles. The van der Waals surface area contributed by atoms with Crippen LogP contribution in [-0.4, -0.2) is 32.4 Å². The lowest BCUT2D eigenvalue weighted by Gasteiger charge is -2.31. The lowest BCUT2D eigenvalue weighted by atomic mass is 9.94. The van der Waals surface area contributed by atoms with Crippen LogP contribution in [0.4, 0.5) is 0 Å². The topological polar surface area (TPSA) is 63.4 Å². The molecule has 5 heteroatoms. The molecule has 0 amide bonds. The molecule has 0 saturated heterocycles. The maximum Gasteiger partial charge on any atom is 0.243 e. The summed E-state index contributed by atoms with van der Waals surface area (Å²) >= 11 is 0. The van der Waals surface area contributed by atoms with Crippen LogP contribution < -0.4 is 5.73 Å². The average Bonchev–Trinajstić information content (AvgIpc) is 2.38. The van der Waals surface area contributed by atoms with Crippen molar-refractivity contribution in [3.63, 3.8) is 0 Å². The Morgan fingerprint density at radius 3 is 2.45 bits per heavy atom. The van der Waals surface area contributed by atoms with Gasteiger partial charge in [0.05, 0.1) is 4.90 Å². The number of hydrogen-bond donors (Lipinski definition) is 1. The molecular formula is C15H26N2O2S. The first-order valence-electron chi connectivity index (χ1n) is 7.00. The maximum absolute atomic E-state index is 12.8. The monoisotopic (exact) mass is 298 g/mol. The number of nitrogens with zero attached hydrogens (tertiary/aromatic N) is 1. The first-order chi connectivity index (χ1) is 9.23. The van der Waals surface area contributed by atoms with E-state index in [-0.39, 0.29) is 5.41 Å². The van der Waals surface area contributed by atoms with Crippen molar-refractivity contribution in [2.75, 3.05) is 19.6 Å². The molecule has 2 N–H and O–H groups in total. The van der Waals surface area contributed by atoms with Crippen LogP contribution in [0.1, 0.15) is 32.8 Å². The van der Waals surface area contributed by atoms with Crippen molar-refractivity contribution in [3.05, 3.63) is 29.8 Å². The van der Waals surface area contributed by atoms with Gasteiger partial charge in [-0.15, -0.1) is 0 Å². The van der Waals surface area contributed by atoms with Crippen LogP contribution in [0.15, 0.2) is 29.2 Å². The van der Waals surface area contributed by atoms with E-state index >= 15 is 0 Å². The first-order valence-corrected chi connectivity index (χ1v) is 8.44. The van der Waals surface area contributed by atoms with Crippen LogP contribution in [0.5, 0.6) is 0 Å². The van der Waals surface area contributed by atoms with Crippen molar-refractivity contribution in [2.45, 2.75) is 39.0 Å².